The van der Waals surface area contributed by atoms with Crippen LogP contribution < -0.4 is 9.64 Å². The second-order valence-corrected chi connectivity index (χ2v) is 11.2. The fourth-order valence-electron chi connectivity index (χ4n) is 6.14. The largest absolute Gasteiger partial charge is 0.489 e. The second kappa shape index (κ2) is 9.85. The topological polar surface area (TPSA) is 69.2 Å². The molecule has 0 bridgehead atoms. The Morgan fingerprint density at radius 1 is 1.26 bits per heavy atom. The summed E-state index contributed by atoms with van der Waals surface area (Å²) in [6.07, 6.45) is 2.15. The Morgan fingerprint density at radius 2 is 2.00 bits per heavy atom. The van der Waals surface area contributed by atoms with Crippen LogP contribution in [0.5, 0.6) is 5.75 Å². The van der Waals surface area contributed by atoms with E-state index in [1.165, 1.54) is 12.1 Å². The highest BCUT2D eigenvalue weighted by Crippen LogP contribution is 2.47. The summed E-state index contributed by atoms with van der Waals surface area (Å²) in [5.41, 5.74) is 0.377. The summed E-state index contributed by atoms with van der Waals surface area (Å²) in [4.78, 5) is 39.1. The van der Waals surface area contributed by atoms with E-state index in [0.717, 1.165) is 6.42 Å². The van der Waals surface area contributed by atoms with Crippen molar-refractivity contribution in [2.24, 2.45) is 0 Å². The Morgan fingerprint density at radius 3 is 2.66 bits per heavy atom. The Hall–Kier alpha value is -3.17. The van der Waals surface area contributed by atoms with E-state index in [-0.39, 0.29) is 63.6 Å². The van der Waals surface area contributed by atoms with Crippen LogP contribution in [0.1, 0.15) is 30.6 Å². The first kappa shape index (κ1) is 26.4. The van der Waals surface area contributed by atoms with Gasteiger partial charge in [-0.3, -0.25) is 9.59 Å². The molecule has 0 saturated carbocycles. The fourth-order valence-corrected chi connectivity index (χ4v) is 6.44. The first-order valence-electron chi connectivity index (χ1n) is 12.8. The van der Waals surface area contributed by atoms with Crippen molar-refractivity contribution in [1.29, 1.82) is 0 Å². The molecule has 2 fully saturated rings. The molecule has 3 aliphatic rings. The van der Waals surface area contributed by atoms with Gasteiger partial charge in [0.25, 0.3) is 5.91 Å². The molecular weight excluding hydrogens is 509 g/mol. The highest BCUT2D eigenvalue weighted by molar-refractivity contribution is 6.35. The molecule has 2 amide bonds. The highest BCUT2D eigenvalue weighted by Gasteiger charge is 2.47. The number of carbonyl (C=O) groups excluding carboxylic acids is 2. The van der Waals surface area contributed by atoms with Gasteiger partial charge in [0.1, 0.15) is 28.8 Å². The molecule has 0 N–H and O–H groups in total. The molecule has 10 heteroatoms. The van der Waals surface area contributed by atoms with Crippen LogP contribution in [0.15, 0.2) is 36.9 Å². The molecule has 0 unspecified atom stereocenters. The van der Waals surface area contributed by atoms with Crippen molar-refractivity contribution >= 4 is 29.2 Å². The number of hydrogen-bond donors (Lipinski definition) is 0. The van der Waals surface area contributed by atoms with Crippen LogP contribution in [-0.2, 0) is 4.79 Å². The Balaban J connectivity index is 1.68. The highest BCUT2D eigenvalue weighted by atomic mass is 35.5. The number of aromatic nitrogens is 1. The molecule has 1 aromatic carbocycles. The smallest absolute Gasteiger partial charge is 0.261 e. The lowest BCUT2D eigenvalue weighted by molar-refractivity contribution is -0.128. The number of amides is 2. The van der Waals surface area contributed by atoms with E-state index < -0.39 is 5.82 Å². The van der Waals surface area contributed by atoms with Gasteiger partial charge in [-0.15, -0.1) is 0 Å². The predicted octanol–water partition coefficient (Wildman–Crippen LogP) is 3.69. The minimum Gasteiger partial charge on any atom is -0.489 e. The van der Waals surface area contributed by atoms with Crippen LogP contribution in [0.2, 0.25) is 5.02 Å². The number of anilines is 1. The zero-order valence-corrected chi connectivity index (χ0v) is 23.0. The fraction of sp³-hybridized carbons (Fsp3) is 0.464. The number of likely N-dealkylation sites (N-methyl/N-ethyl adjacent to an activating group) is 1. The summed E-state index contributed by atoms with van der Waals surface area (Å²) < 4.78 is 21.3. The summed E-state index contributed by atoms with van der Waals surface area (Å²) in [6.45, 7) is 9.70. The molecule has 5 rings (SSSR count). The van der Waals surface area contributed by atoms with Crippen LogP contribution in [0.3, 0.4) is 0 Å². The molecule has 3 aliphatic heterocycles. The maximum atomic E-state index is 15.0. The average molecular weight is 542 g/mol. The third-order valence-corrected chi connectivity index (χ3v) is 8.44. The molecule has 38 heavy (non-hydrogen) atoms. The van der Waals surface area contributed by atoms with E-state index in [0.29, 0.717) is 32.0 Å². The van der Waals surface area contributed by atoms with Gasteiger partial charge in [-0.2, -0.15) is 0 Å². The standard InChI is InChI=1S/C28H33ClFN5O3/c1-6-21(36)33-13-14-34-17(15-33)16-38-25-22(27(34)37)26(35-12-11-20(32(4)5)28(35,2)3)31-24(23(25)29)18-9-7-8-10-19(18)30/h6-10,17,20H,1,11-16H2,2-5H3/t17-,20+/m1/s1. The van der Waals surface area contributed by atoms with Gasteiger partial charge in [0.15, 0.2) is 5.75 Å². The molecule has 2 aromatic rings. The molecule has 0 aliphatic carbocycles. The van der Waals surface area contributed by atoms with Gasteiger partial charge in [-0.1, -0.05) is 30.3 Å². The Kier molecular flexibility index (Phi) is 6.86. The second-order valence-electron chi connectivity index (χ2n) is 10.8. The number of nitrogens with zero attached hydrogens (tertiary/aromatic N) is 5. The van der Waals surface area contributed by atoms with Gasteiger partial charge in [-0.25, -0.2) is 9.37 Å². The van der Waals surface area contributed by atoms with Crippen molar-refractivity contribution in [3.8, 4) is 17.0 Å². The lowest BCUT2D eigenvalue weighted by Crippen LogP contribution is -2.57. The minimum absolute atomic E-state index is 0.0993. The first-order valence-corrected chi connectivity index (χ1v) is 13.2. The molecule has 0 radical (unpaired) electrons. The number of ether oxygens (including phenoxy) is 1. The van der Waals surface area contributed by atoms with Crippen LogP contribution in [0, 0.1) is 5.82 Å². The number of rotatable bonds is 4. The van der Waals surface area contributed by atoms with Crippen molar-refractivity contribution < 1.29 is 18.7 Å². The van der Waals surface area contributed by atoms with E-state index in [1.54, 1.807) is 28.0 Å². The molecule has 0 spiro atoms. The third kappa shape index (κ3) is 4.22. The number of hydrogen-bond acceptors (Lipinski definition) is 6. The van der Waals surface area contributed by atoms with Gasteiger partial charge in [-0.05, 0) is 52.6 Å². The van der Waals surface area contributed by atoms with Gasteiger partial charge >= 0.3 is 0 Å². The van der Waals surface area contributed by atoms with Crippen LogP contribution >= 0.6 is 11.6 Å². The van der Waals surface area contributed by atoms with Crippen molar-refractivity contribution in [2.45, 2.75) is 37.9 Å². The normalized spacial score (nSPS) is 22.6. The first-order chi connectivity index (χ1) is 18.1. The van der Waals surface area contributed by atoms with Crippen molar-refractivity contribution in [3.63, 3.8) is 0 Å². The van der Waals surface area contributed by atoms with E-state index in [4.69, 9.17) is 21.3 Å². The average Bonchev–Trinajstić information content (AvgIpc) is 3.13. The van der Waals surface area contributed by atoms with Gasteiger partial charge in [0, 0.05) is 37.8 Å². The van der Waals surface area contributed by atoms with Gasteiger partial charge in [0.05, 0.1) is 17.3 Å². The number of benzene rings is 1. The van der Waals surface area contributed by atoms with Crippen molar-refractivity contribution in [2.75, 3.05) is 51.8 Å². The molecule has 2 atom stereocenters. The molecule has 1 aromatic heterocycles. The Labute approximate surface area is 227 Å². The minimum atomic E-state index is -0.462. The summed E-state index contributed by atoms with van der Waals surface area (Å²) in [5, 5.41) is 0.0993. The Bertz CT molecular complexity index is 1300. The summed E-state index contributed by atoms with van der Waals surface area (Å²) in [5.74, 6) is -0.251. The molecule has 2 saturated heterocycles. The quantitative estimate of drug-likeness (QED) is 0.550. The molecule has 4 heterocycles. The maximum absolute atomic E-state index is 15.0. The lowest BCUT2D eigenvalue weighted by Gasteiger charge is -2.41. The summed E-state index contributed by atoms with van der Waals surface area (Å²) in [7, 11) is 4.08. The monoisotopic (exact) mass is 541 g/mol. The van der Waals surface area contributed by atoms with E-state index in [9.17, 15) is 14.0 Å². The van der Waals surface area contributed by atoms with Crippen molar-refractivity contribution in [1.82, 2.24) is 19.7 Å². The third-order valence-electron chi connectivity index (χ3n) is 8.08. The lowest BCUT2D eigenvalue weighted by atomic mass is 9.94. The van der Waals surface area contributed by atoms with Crippen molar-refractivity contribution in [3.05, 3.63) is 53.3 Å². The molecular formula is C28H33ClFN5O3. The van der Waals surface area contributed by atoms with Gasteiger partial charge in [0.2, 0.25) is 5.91 Å². The number of halogens is 2. The predicted molar refractivity (Wildman–Crippen MR) is 145 cm³/mol. The van der Waals surface area contributed by atoms with Crippen LogP contribution in [-0.4, -0.2) is 96.0 Å². The molecule has 8 nitrogen and oxygen atoms in total. The van der Waals surface area contributed by atoms with Crippen LogP contribution in [0.25, 0.3) is 11.3 Å². The molecule has 202 valence electrons. The number of fused-ring (bicyclic) bond motifs is 2. The van der Waals surface area contributed by atoms with E-state index >= 15 is 0 Å². The zero-order valence-electron chi connectivity index (χ0n) is 22.2. The van der Waals surface area contributed by atoms with E-state index in [1.807, 2.05) is 14.1 Å². The maximum Gasteiger partial charge on any atom is 0.261 e. The summed E-state index contributed by atoms with van der Waals surface area (Å²) >= 11 is 6.87. The van der Waals surface area contributed by atoms with Gasteiger partial charge < -0.3 is 24.3 Å². The SMILES string of the molecule is C=CC(=O)N1CCN2C(=O)c3c(N4CC[C@H](N(C)C)C4(C)C)nc(-c4ccccc4F)c(Cl)c3OC[C@H]2C1. The zero-order chi connectivity index (χ0) is 27.4. The number of carbonyl (C=O) groups is 2. The number of pyridine rings is 1. The van der Waals surface area contributed by atoms with Crippen LogP contribution in [0.4, 0.5) is 10.2 Å². The number of piperazine rings is 1. The summed E-state index contributed by atoms with van der Waals surface area (Å²) in [6, 6.07) is 6.15. The van der Waals surface area contributed by atoms with E-state index in [2.05, 4.69) is 30.2 Å².